The van der Waals surface area contributed by atoms with Crippen molar-refractivity contribution in [2.75, 3.05) is 13.1 Å². The second-order valence-corrected chi connectivity index (χ2v) is 15.0. The number of aryl methyl sites for hydroxylation is 6. The SMILES string of the molecule is CCN=C=O.CCNC(=O)OC1=C(c2c(C)cc(C)cc2CC)C(=O)NC12CCCCC2.CCc1cc(C)cc(C)c1C1=C(O)C2(CCCCC2)NC1=O. The van der Waals surface area contributed by atoms with Crippen molar-refractivity contribution in [3.05, 3.63) is 80.3 Å². The van der Waals surface area contributed by atoms with Crippen LogP contribution in [0, 0.1) is 27.7 Å². The number of hydrogen-bond acceptors (Lipinski definition) is 7. The summed E-state index contributed by atoms with van der Waals surface area (Å²) in [6.07, 6.45) is 12.4. The Kier molecular flexibility index (Phi) is 14.5. The molecule has 2 spiro atoms. The first-order chi connectivity index (χ1) is 25.8. The molecule has 0 saturated heterocycles. The molecule has 10 heteroatoms. The zero-order chi connectivity index (χ0) is 39.6. The number of amides is 3. The molecule has 2 aliphatic heterocycles. The number of nitrogens with zero attached hydrogens (tertiary/aromatic N) is 1. The van der Waals surface area contributed by atoms with Gasteiger partial charge >= 0.3 is 6.09 Å². The van der Waals surface area contributed by atoms with Crippen molar-refractivity contribution in [2.24, 2.45) is 4.99 Å². The summed E-state index contributed by atoms with van der Waals surface area (Å²) >= 11 is 0. The zero-order valence-electron chi connectivity index (χ0n) is 33.6. The van der Waals surface area contributed by atoms with E-state index in [1.807, 2.05) is 20.8 Å². The van der Waals surface area contributed by atoms with E-state index in [0.29, 0.717) is 30.0 Å². The number of nitrogens with one attached hydrogen (secondary N) is 3. The molecular formula is C44H60N4O6. The Morgan fingerprint density at radius 1 is 0.759 bits per heavy atom. The highest BCUT2D eigenvalue weighted by molar-refractivity contribution is 6.25. The molecule has 2 aromatic carbocycles. The molecule has 6 rings (SSSR count). The third-order valence-corrected chi connectivity index (χ3v) is 11.0. The van der Waals surface area contributed by atoms with E-state index in [0.717, 1.165) is 104 Å². The summed E-state index contributed by atoms with van der Waals surface area (Å²) in [5.41, 5.74) is 8.58. The van der Waals surface area contributed by atoms with E-state index in [1.54, 1.807) is 6.92 Å². The van der Waals surface area contributed by atoms with Gasteiger partial charge in [0.2, 0.25) is 6.08 Å². The largest absolute Gasteiger partial charge is 0.509 e. The maximum Gasteiger partial charge on any atom is 0.412 e. The summed E-state index contributed by atoms with van der Waals surface area (Å²) in [4.78, 5) is 50.3. The van der Waals surface area contributed by atoms with Crippen molar-refractivity contribution in [2.45, 2.75) is 144 Å². The maximum absolute atomic E-state index is 13.1. The van der Waals surface area contributed by atoms with Crippen LogP contribution in [0.1, 0.15) is 136 Å². The summed E-state index contributed by atoms with van der Waals surface area (Å²) in [5, 5.41) is 19.9. The molecule has 0 aromatic heterocycles. The number of rotatable bonds is 7. The van der Waals surface area contributed by atoms with Crippen molar-refractivity contribution >= 4 is 35.1 Å². The molecule has 4 N–H and O–H groups in total. The van der Waals surface area contributed by atoms with Crippen molar-refractivity contribution in [1.82, 2.24) is 16.0 Å². The monoisotopic (exact) mass is 740 g/mol. The van der Waals surface area contributed by atoms with Gasteiger partial charge < -0.3 is 25.8 Å². The lowest BCUT2D eigenvalue weighted by Crippen LogP contribution is -2.47. The molecule has 292 valence electrons. The predicted molar refractivity (Wildman–Crippen MR) is 214 cm³/mol. The van der Waals surface area contributed by atoms with Crippen LogP contribution in [0.2, 0.25) is 0 Å². The lowest BCUT2D eigenvalue weighted by atomic mass is 9.80. The minimum atomic E-state index is -0.557. The zero-order valence-corrected chi connectivity index (χ0v) is 33.6. The van der Waals surface area contributed by atoms with Crippen molar-refractivity contribution < 1.29 is 29.0 Å². The molecule has 3 amide bonds. The molecule has 0 radical (unpaired) electrons. The van der Waals surface area contributed by atoms with Gasteiger partial charge in [0, 0.05) is 13.1 Å². The highest BCUT2D eigenvalue weighted by Gasteiger charge is 2.49. The quantitative estimate of drug-likeness (QED) is 0.166. The third kappa shape index (κ3) is 8.98. The number of isocyanates is 1. The van der Waals surface area contributed by atoms with Crippen LogP contribution in [0.5, 0.6) is 0 Å². The van der Waals surface area contributed by atoms with Gasteiger partial charge in [0.05, 0.1) is 22.2 Å². The van der Waals surface area contributed by atoms with Gasteiger partial charge in [-0.3, -0.25) is 9.59 Å². The van der Waals surface area contributed by atoms with Gasteiger partial charge in [-0.2, -0.15) is 0 Å². The van der Waals surface area contributed by atoms with Gasteiger partial charge in [0.15, 0.2) is 0 Å². The molecule has 0 unspecified atom stereocenters. The Hall–Kier alpha value is -4.69. The summed E-state index contributed by atoms with van der Waals surface area (Å²) in [7, 11) is 0. The summed E-state index contributed by atoms with van der Waals surface area (Å²) in [6, 6.07) is 8.43. The Balaban J connectivity index is 0.000000217. The van der Waals surface area contributed by atoms with Gasteiger partial charge in [0.25, 0.3) is 11.8 Å². The molecule has 4 aliphatic rings. The second-order valence-electron chi connectivity index (χ2n) is 15.0. The van der Waals surface area contributed by atoms with E-state index >= 15 is 0 Å². The molecule has 2 heterocycles. The minimum absolute atomic E-state index is 0.110. The average Bonchev–Trinajstić information content (AvgIpc) is 3.51. The molecule has 2 aliphatic carbocycles. The number of ether oxygens (including phenoxy) is 1. The molecule has 2 fully saturated rings. The minimum Gasteiger partial charge on any atom is -0.509 e. The van der Waals surface area contributed by atoms with E-state index in [4.69, 9.17) is 9.53 Å². The van der Waals surface area contributed by atoms with Crippen LogP contribution >= 0.6 is 0 Å². The smallest absolute Gasteiger partial charge is 0.412 e. The predicted octanol–water partition coefficient (Wildman–Crippen LogP) is 8.47. The van der Waals surface area contributed by atoms with Gasteiger partial charge in [-0.05, 0) is 113 Å². The molecular weight excluding hydrogens is 681 g/mol. The number of carbonyl (C=O) groups is 3. The number of hydrogen-bond donors (Lipinski definition) is 4. The molecule has 2 aromatic rings. The van der Waals surface area contributed by atoms with E-state index < -0.39 is 17.2 Å². The Bertz CT molecular complexity index is 1840. The second kappa shape index (κ2) is 18.6. The van der Waals surface area contributed by atoms with Crippen molar-refractivity contribution in [3.8, 4) is 0 Å². The topological polar surface area (TPSA) is 146 Å². The van der Waals surface area contributed by atoms with Crippen molar-refractivity contribution in [3.63, 3.8) is 0 Å². The highest BCUT2D eigenvalue weighted by Crippen LogP contribution is 2.45. The van der Waals surface area contributed by atoms with Crippen LogP contribution in [0.3, 0.4) is 0 Å². The summed E-state index contributed by atoms with van der Waals surface area (Å²) in [6.45, 7) is 17.0. The number of aliphatic imine (C=N–C) groups is 1. The molecule has 2 saturated carbocycles. The normalized spacial score (nSPS) is 18.2. The number of alkyl carbamates (subject to hydrolysis) is 1. The first kappa shape index (κ1) is 42.1. The number of benzene rings is 2. The highest BCUT2D eigenvalue weighted by atomic mass is 16.6. The van der Waals surface area contributed by atoms with E-state index in [1.165, 1.54) is 23.6 Å². The number of aliphatic hydroxyl groups is 1. The molecule has 10 nitrogen and oxygen atoms in total. The average molecular weight is 741 g/mol. The van der Waals surface area contributed by atoms with Gasteiger partial charge in [-0.1, -0.05) is 87.8 Å². The van der Waals surface area contributed by atoms with E-state index in [2.05, 4.69) is 72.9 Å². The van der Waals surface area contributed by atoms with Crippen LogP contribution in [0.15, 0.2) is 40.8 Å². The van der Waals surface area contributed by atoms with Gasteiger partial charge in [-0.25, -0.2) is 14.6 Å². The molecule has 0 atom stereocenters. The first-order valence-corrected chi connectivity index (χ1v) is 19.9. The fourth-order valence-corrected chi connectivity index (χ4v) is 8.72. The first-order valence-electron chi connectivity index (χ1n) is 19.9. The van der Waals surface area contributed by atoms with Crippen LogP contribution in [0.25, 0.3) is 11.1 Å². The number of carbonyl (C=O) groups excluding carboxylic acids is 4. The summed E-state index contributed by atoms with van der Waals surface area (Å²) < 4.78 is 5.81. The lowest BCUT2D eigenvalue weighted by Gasteiger charge is -2.35. The number of aliphatic hydroxyl groups excluding tert-OH is 1. The van der Waals surface area contributed by atoms with Crippen LogP contribution in [0.4, 0.5) is 4.79 Å². The fraction of sp³-hybridized carbons (Fsp3) is 0.545. The standard InChI is InChI=1S/C22H30N2O3.C19H25NO2.C3H5NO/c1-5-16-13-14(3)12-15(4)17(16)18-19(27-21(26)23-6-2)22(24-20(18)25)10-8-7-9-11-22;1-4-14-11-12(2)10-13(3)15(14)16-17(21)19(20-18(16)22)8-6-5-7-9-19;1-2-4-3-5/h12-13H,5-11H2,1-4H3,(H,23,26)(H,24,25);10-11,21H,4-9H2,1-3H3,(H,20,22);2H2,1H3. The Morgan fingerprint density at radius 2 is 1.22 bits per heavy atom. The third-order valence-electron chi connectivity index (χ3n) is 11.0. The van der Waals surface area contributed by atoms with Crippen molar-refractivity contribution in [1.29, 1.82) is 0 Å². The molecule has 54 heavy (non-hydrogen) atoms. The van der Waals surface area contributed by atoms with Crippen LogP contribution < -0.4 is 16.0 Å². The van der Waals surface area contributed by atoms with Gasteiger partial charge in [0.1, 0.15) is 11.5 Å². The fourth-order valence-electron chi connectivity index (χ4n) is 8.72. The lowest BCUT2D eigenvalue weighted by molar-refractivity contribution is -0.117. The Morgan fingerprint density at radius 3 is 1.67 bits per heavy atom. The van der Waals surface area contributed by atoms with E-state index in [9.17, 15) is 19.5 Å². The Labute approximate surface area is 321 Å². The van der Waals surface area contributed by atoms with E-state index in [-0.39, 0.29) is 17.6 Å². The van der Waals surface area contributed by atoms with Crippen LogP contribution in [-0.4, -0.2) is 53.3 Å². The maximum atomic E-state index is 13.1. The summed E-state index contributed by atoms with van der Waals surface area (Å²) in [5.74, 6) is 0.553. The van der Waals surface area contributed by atoms with Crippen LogP contribution in [-0.2, 0) is 32.0 Å². The van der Waals surface area contributed by atoms with Gasteiger partial charge in [-0.15, -0.1) is 0 Å². The molecule has 0 bridgehead atoms.